The molecule has 0 spiro atoms. The van der Waals surface area contributed by atoms with E-state index >= 15 is 0 Å². The fourth-order valence-corrected chi connectivity index (χ4v) is 1.60. The first-order valence-corrected chi connectivity index (χ1v) is 4.53. The highest BCUT2D eigenvalue weighted by atomic mass is 16.2. The largest absolute Gasteiger partial charge is 0.348 e. The maximum atomic E-state index is 10.9. The number of rotatable bonds is 2. The van der Waals surface area contributed by atoms with Gasteiger partial charge in [-0.05, 0) is 18.8 Å². The van der Waals surface area contributed by atoms with E-state index in [-0.39, 0.29) is 0 Å². The molecule has 0 aliphatic heterocycles. The molecule has 0 atom stereocenters. The SMILES string of the molecule is NNC(=O)C(=O)NCC1CCCC1. The van der Waals surface area contributed by atoms with Gasteiger partial charge in [-0.2, -0.15) is 0 Å². The molecular weight excluding hydrogens is 170 g/mol. The molecule has 0 aromatic carbocycles. The third kappa shape index (κ3) is 3.02. The first-order chi connectivity index (χ1) is 6.24. The fraction of sp³-hybridized carbons (Fsp3) is 0.750. The Balaban J connectivity index is 2.17. The third-order valence-corrected chi connectivity index (χ3v) is 2.36. The molecule has 0 unspecified atom stereocenters. The summed E-state index contributed by atoms with van der Waals surface area (Å²) >= 11 is 0. The molecule has 0 aromatic rings. The first kappa shape index (κ1) is 9.98. The predicted molar refractivity (Wildman–Crippen MR) is 47.3 cm³/mol. The topological polar surface area (TPSA) is 84.2 Å². The van der Waals surface area contributed by atoms with E-state index in [0.29, 0.717) is 12.5 Å². The van der Waals surface area contributed by atoms with Crippen molar-refractivity contribution < 1.29 is 9.59 Å². The van der Waals surface area contributed by atoms with Crippen LogP contribution in [-0.2, 0) is 9.59 Å². The fourth-order valence-electron chi connectivity index (χ4n) is 1.60. The van der Waals surface area contributed by atoms with Gasteiger partial charge in [-0.3, -0.25) is 15.0 Å². The van der Waals surface area contributed by atoms with Crippen molar-refractivity contribution in [2.24, 2.45) is 11.8 Å². The number of hydrogen-bond acceptors (Lipinski definition) is 3. The first-order valence-electron chi connectivity index (χ1n) is 4.53. The van der Waals surface area contributed by atoms with E-state index < -0.39 is 11.8 Å². The minimum atomic E-state index is -0.780. The Hall–Kier alpha value is -1.10. The monoisotopic (exact) mass is 185 g/mol. The minimum absolute atomic E-state index is 0.537. The molecule has 0 aromatic heterocycles. The number of nitrogens with two attached hydrogens (primary N) is 1. The van der Waals surface area contributed by atoms with E-state index in [1.165, 1.54) is 12.8 Å². The zero-order chi connectivity index (χ0) is 9.68. The zero-order valence-corrected chi connectivity index (χ0v) is 7.51. The Morgan fingerprint density at radius 3 is 2.38 bits per heavy atom. The lowest BCUT2D eigenvalue weighted by atomic mass is 10.1. The number of hydrogen-bond donors (Lipinski definition) is 3. The van der Waals surface area contributed by atoms with Crippen LogP contribution >= 0.6 is 0 Å². The number of nitrogens with one attached hydrogen (secondary N) is 2. The van der Waals surface area contributed by atoms with Crippen LogP contribution in [0.4, 0.5) is 0 Å². The van der Waals surface area contributed by atoms with Crippen molar-refractivity contribution in [3.8, 4) is 0 Å². The summed E-state index contributed by atoms with van der Waals surface area (Å²) < 4.78 is 0. The van der Waals surface area contributed by atoms with Crippen LogP contribution in [0.1, 0.15) is 25.7 Å². The molecule has 0 heterocycles. The van der Waals surface area contributed by atoms with Crippen molar-refractivity contribution >= 4 is 11.8 Å². The molecule has 0 saturated heterocycles. The van der Waals surface area contributed by atoms with Gasteiger partial charge in [0, 0.05) is 6.54 Å². The van der Waals surface area contributed by atoms with E-state index in [2.05, 4.69) is 5.32 Å². The second-order valence-electron chi connectivity index (χ2n) is 3.33. The number of hydrazine groups is 1. The molecule has 1 rings (SSSR count). The molecule has 5 nitrogen and oxygen atoms in total. The highest BCUT2D eigenvalue weighted by Gasteiger charge is 2.17. The Bertz CT molecular complexity index is 200. The van der Waals surface area contributed by atoms with Gasteiger partial charge in [0.2, 0.25) is 0 Å². The predicted octanol–water partition coefficient (Wildman–Crippen LogP) is -0.717. The van der Waals surface area contributed by atoms with E-state index in [1.54, 1.807) is 5.43 Å². The summed E-state index contributed by atoms with van der Waals surface area (Å²) in [5.74, 6) is 3.91. The van der Waals surface area contributed by atoms with Crippen LogP contribution < -0.4 is 16.6 Å². The van der Waals surface area contributed by atoms with Gasteiger partial charge in [-0.25, -0.2) is 5.84 Å². The molecule has 1 aliphatic carbocycles. The van der Waals surface area contributed by atoms with E-state index in [1.807, 2.05) is 0 Å². The zero-order valence-electron chi connectivity index (χ0n) is 7.51. The van der Waals surface area contributed by atoms with Crippen LogP contribution in [0, 0.1) is 5.92 Å². The van der Waals surface area contributed by atoms with E-state index in [4.69, 9.17) is 5.84 Å². The van der Waals surface area contributed by atoms with Gasteiger partial charge in [0.25, 0.3) is 0 Å². The molecule has 1 fully saturated rings. The molecule has 0 radical (unpaired) electrons. The second kappa shape index (κ2) is 4.81. The van der Waals surface area contributed by atoms with Crippen LogP contribution in [0.2, 0.25) is 0 Å². The Morgan fingerprint density at radius 1 is 1.23 bits per heavy atom. The molecule has 74 valence electrons. The lowest BCUT2D eigenvalue weighted by molar-refractivity contribution is -0.139. The maximum absolute atomic E-state index is 10.9. The minimum Gasteiger partial charge on any atom is -0.348 e. The molecule has 1 aliphatic rings. The van der Waals surface area contributed by atoms with Crippen LogP contribution in [-0.4, -0.2) is 18.4 Å². The maximum Gasteiger partial charge on any atom is 0.323 e. The number of carbonyl (C=O) groups is 2. The molecule has 0 bridgehead atoms. The summed E-state index contributed by atoms with van der Waals surface area (Å²) in [6, 6.07) is 0. The molecule has 2 amide bonds. The van der Waals surface area contributed by atoms with E-state index in [9.17, 15) is 9.59 Å². The standard InChI is InChI=1S/C8H15N3O2/c9-11-8(13)7(12)10-5-6-3-1-2-4-6/h6H,1-5,9H2,(H,10,12)(H,11,13). The molecule has 13 heavy (non-hydrogen) atoms. The summed E-state index contributed by atoms with van der Waals surface area (Å²) in [7, 11) is 0. The Kier molecular flexibility index (Phi) is 3.70. The van der Waals surface area contributed by atoms with Crippen molar-refractivity contribution in [3.05, 3.63) is 0 Å². The average molecular weight is 185 g/mol. The van der Waals surface area contributed by atoms with Gasteiger partial charge in [-0.15, -0.1) is 0 Å². The Morgan fingerprint density at radius 2 is 1.85 bits per heavy atom. The normalized spacial score (nSPS) is 17.0. The highest BCUT2D eigenvalue weighted by Crippen LogP contribution is 2.23. The highest BCUT2D eigenvalue weighted by molar-refractivity contribution is 6.34. The molecule has 5 heteroatoms. The molecule has 4 N–H and O–H groups in total. The van der Waals surface area contributed by atoms with Crippen LogP contribution in [0.25, 0.3) is 0 Å². The number of carbonyl (C=O) groups excluding carboxylic acids is 2. The van der Waals surface area contributed by atoms with Crippen LogP contribution in [0.5, 0.6) is 0 Å². The van der Waals surface area contributed by atoms with Crippen molar-refractivity contribution in [2.75, 3.05) is 6.54 Å². The van der Waals surface area contributed by atoms with Crippen molar-refractivity contribution in [3.63, 3.8) is 0 Å². The third-order valence-electron chi connectivity index (χ3n) is 2.36. The van der Waals surface area contributed by atoms with Gasteiger partial charge >= 0.3 is 11.8 Å². The Labute approximate surface area is 77.0 Å². The van der Waals surface area contributed by atoms with Gasteiger partial charge in [0.1, 0.15) is 0 Å². The average Bonchev–Trinajstić information content (AvgIpc) is 2.65. The van der Waals surface area contributed by atoms with Gasteiger partial charge in [0.05, 0.1) is 0 Å². The molecular formula is C8H15N3O2. The lowest BCUT2D eigenvalue weighted by Gasteiger charge is -2.09. The van der Waals surface area contributed by atoms with Gasteiger partial charge in [0.15, 0.2) is 0 Å². The lowest BCUT2D eigenvalue weighted by Crippen LogP contribution is -2.44. The van der Waals surface area contributed by atoms with Crippen LogP contribution in [0.15, 0.2) is 0 Å². The van der Waals surface area contributed by atoms with Crippen LogP contribution in [0.3, 0.4) is 0 Å². The van der Waals surface area contributed by atoms with Crippen molar-refractivity contribution in [2.45, 2.75) is 25.7 Å². The van der Waals surface area contributed by atoms with Gasteiger partial charge in [-0.1, -0.05) is 12.8 Å². The summed E-state index contributed by atoms with van der Waals surface area (Å²) in [6.45, 7) is 0.590. The summed E-state index contributed by atoms with van der Waals surface area (Å²) in [5.41, 5.74) is 1.79. The van der Waals surface area contributed by atoms with Crippen molar-refractivity contribution in [1.82, 2.24) is 10.7 Å². The van der Waals surface area contributed by atoms with Crippen molar-refractivity contribution in [1.29, 1.82) is 0 Å². The smallest absolute Gasteiger partial charge is 0.323 e. The summed E-state index contributed by atoms with van der Waals surface area (Å²) in [6.07, 6.45) is 4.74. The van der Waals surface area contributed by atoms with E-state index in [0.717, 1.165) is 12.8 Å². The number of amides is 2. The molecule has 1 saturated carbocycles. The summed E-state index contributed by atoms with van der Waals surface area (Å²) in [5, 5.41) is 2.54. The summed E-state index contributed by atoms with van der Waals surface area (Å²) in [4.78, 5) is 21.6. The van der Waals surface area contributed by atoms with Gasteiger partial charge < -0.3 is 5.32 Å². The quantitative estimate of drug-likeness (QED) is 0.230. The second-order valence-corrected chi connectivity index (χ2v) is 3.33.